The van der Waals surface area contributed by atoms with Crippen LogP contribution in [0.4, 0.5) is 10.1 Å². The van der Waals surface area contributed by atoms with Crippen LogP contribution in [-0.2, 0) is 0 Å². The van der Waals surface area contributed by atoms with E-state index in [0.29, 0.717) is 16.3 Å². The molecule has 0 radical (unpaired) electrons. The maximum Gasteiger partial charge on any atom is 0.149 e. The lowest BCUT2D eigenvalue weighted by molar-refractivity contribution is 0.618. The van der Waals surface area contributed by atoms with Gasteiger partial charge in [0.25, 0.3) is 0 Å². The normalized spacial score (nSPS) is 12.2. The second-order valence-corrected chi connectivity index (χ2v) is 4.79. The first kappa shape index (κ1) is 12.9. The Labute approximate surface area is 112 Å². The van der Waals surface area contributed by atoms with E-state index in [1.807, 2.05) is 37.3 Å². The molecule has 2 aromatic carbocycles. The van der Waals surface area contributed by atoms with E-state index in [1.165, 1.54) is 0 Å². The van der Waals surface area contributed by atoms with Crippen LogP contribution in [0.15, 0.2) is 42.5 Å². The van der Waals surface area contributed by atoms with Gasteiger partial charge in [-0.3, -0.25) is 0 Å². The first-order valence-electron chi connectivity index (χ1n) is 5.85. The number of benzene rings is 2. The summed E-state index contributed by atoms with van der Waals surface area (Å²) in [6.45, 7) is 3.73. The van der Waals surface area contributed by atoms with Gasteiger partial charge in [-0.15, -0.1) is 0 Å². The summed E-state index contributed by atoms with van der Waals surface area (Å²) in [6, 6.07) is 12.9. The molecule has 2 rings (SSSR count). The van der Waals surface area contributed by atoms with Gasteiger partial charge in [0.2, 0.25) is 0 Å². The van der Waals surface area contributed by atoms with E-state index < -0.39 is 0 Å². The summed E-state index contributed by atoms with van der Waals surface area (Å²) in [5.74, 6) is -0.202. The average molecular weight is 264 g/mol. The number of halogens is 2. The number of aryl methyl sites for hydroxylation is 1. The van der Waals surface area contributed by atoms with E-state index in [2.05, 4.69) is 5.32 Å². The van der Waals surface area contributed by atoms with E-state index >= 15 is 0 Å². The highest BCUT2D eigenvalue weighted by Crippen LogP contribution is 2.24. The van der Waals surface area contributed by atoms with Crippen molar-refractivity contribution in [3.63, 3.8) is 0 Å². The molecule has 1 N–H and O–H groups in total. The van der Waals surface area contributed by atoms with Crippen molar-refractivity contribution in [2.45, 2.75) is 19.9 Å². The van der Waals surface area contributed by atoms with Crippen LogP contribution in [0.5, 0.6) is 0 Å². The van der Waals surface area contributed by atoms with Crippen molar-refractivity contribution in [2.24, 2.45) is 0 Å². The van der Waals surface area contributed by atoms with Gasteiger partial charge in [-0.2, -0.15) is 0 Å². The van der Waals surface area contributed by atoms with Gasteiger partial charge in [-0.25, -0.2) is 4.39 Å². The van der Waals surface area contributed by atoms with Crippen molar-refractivity contribution < 1.29 is 4.39 Å². The van der Waals surface area contributed by atoms with Crippen LogP contribution in [0.2, 0.25) is 5.02 Å². The highest BCUT2D eigenvalue weighted by atomic mass is 35.5. The summed E-state index contributed by atoms with van der Waals surface area (Å²) in [6.07, 6.45) is 0. The molecule has 0 bridgehead atoms. The molecule has 0 aromatic heterocycles. The summed E-state index contributed by atoms with van der Waals surface area (Å²) < 4.78 is 13.9. The van der Waals surface area contributed by atoms with E-state index in [0.717, 1.165) is 5.56 Å². The molecule has 0 saturated heterocycles. The first-order valence-corrected chi connectivity index (χ1v) is 6.23. The third-order valence-corrected chi connectivity index (χ3v) is 3.15. The van der Waals surface area contributed by atoms with Crippen LogP contribution in [0.1, 0.15) is 24.1 Å². The number of nitrogens with one attached hydrogen (secondary N) is 1. The molecule has 0 heterocycles. The van der Waals surface area contributed by atoms with E-state index in [-0.39, 0.29) is 11.9 Å². The maximum absolute atomic E-state index is 13.9. The Morgan fingerprint density at radius 1 is 1.17 bits per heavy atom. The lowest BCUT2D eigenvalue weighted by Gasteiger charge is -2.17. The van der Waals surface area contributed by atoms with Gasteiger partial charge < -0.3 is 5.32 Å². The van der Waals surface area contributed by atoms with Gasteiger partial charge in [0.1, 0.15) is 5.82 Å². The topological polar surface area (TPSA) is 12.0 Å². The molecule has 0 aliphatic heterocycles. The van der Waals surface area contributed by atoms with Crippen LogP contribution < -0.4 is 5.32 Å². The molecule has 0 spiro atoms. The average Bonchev–Trinajstić information content (AvgIpc) is 2.35. The quantitative estimate of drug-likeness (QED) is 0.825. The molecule has 0 amide bonds. The molecule has 1 atom stereocenters. The van der Waals surface area contributed by atoms with E-state index in [9.17, 15) is 4.39 Å². The van der Waals surface area contributed by atoms with Crippen molar-refractivity contribution in [1.29, 1.82) is 0 Å². The van der Waals surface area contributed by atoms with Crippen molar-refractivity contribution in [3.05, 3.63) is 64.4 Å². The standard InChI is InChI=1S/C15H15ClFN/c1-10-5-3-8-14(15(10)17)18-11(2)12-6-4-7-13(16)9-12/h3-9,11,18H,1-2H3. The zero-order valence-electron chi connectivity index (χ0n) is 10.4. The SMILES string of the molecule is Cc1cccc(NC(C)c2cccc(Cl)c2)c1F. The summed E-state index contributed by atoms with van der Waals surface area (Å²) in [5.41, 5.74) is 2.18. The minimum absolute atomic E-state index is 0.000000000000000222. The van der Waals surface area contributed by atoms with Crippen LogP contribution in [0.3, 0.4) is 0 Å². The maximum atomic E-state index is 13.9. The summed E-state index contributed by atoms with van der Waals surface area (Å²) in [4.78, 5) is 0. The van der Waals surface area contributed by atoms with Gasteiger partial charge in [-0.1, -0.05) is 35.9 Å². The molecular weight excluding hydrogens is 249 g/mol. The predicted molar refractivity (Wildman–Crippen MR) is 74.6 cm³/mol. The molecule has 0 saturated carbocycles. The Hall–Kier alpha value is -1.54. The molecule has 1 unspecified atom stereocenters. The minimum Gasteiger partial charge on any atom is -0.376 e. The van der Waals surface area contributed by atoms with Gasteiger partial charge in [-0.05, 0) is 43.2 Å². The molecule has 1 nitrogen and oxygen atoms in total. The Balaban J connectivity index is 2.21. The lowest BCUT2D eigenvalue weighted by Crippen LogP contribution is -2.08. The fourth-order valence-electron chi connectivity index (χ4n) is 1.85. The fourth-order valence-corrected chi connectivity index (χ4v) is 2.05. The Morgan fingerprint density at radius 3 is 2.61 bits per heavy atom. The van der Waals surface area contributed by atoms with Crippen LogP contribution in [0, 0.1) is 12.7 Å². The molecule has 0 fully saturated rings. The third kappa shape index (κ3) is 2.82. The highest BCUT2D eigenvalue weighted by Gasteiger charge is 2.09. The second kappa shape index (κ2) is 5.40. The number of hydrogen-bond acceptors (Lipinski definition) is 1. The Morgan fingerprint density at radius 2 is 1.89 bits per heavy atom. The molecular formula is C15H15ClFN. The number of anilines is 1. The summed E-state index contributed by atoms with van der Waals surface area (Å²) >= 11 is 5.95. The second-order valence-electron chi connectivity index (χ2n) is 4.36. The molecule has 2 aromatic rings. The smallest absolute Gasteiger partial charge is 0.149 e. The first-order chi connectivity index (χ1) is 8.58. The fraction of sp³-hybridized carbons (Fsp3) is 0.200. The Kier molecular flexibility index (Phi) is 3.87. The van der Waals surface area contributed by atoms with E-state index in [1.54, 1.807) is 19.1 Å². The third-order valence-electron chi connectivity index (χ3n) is 2.91. The predicted octanol–water partition coefficient (Wildman–Crippen LogP) is 4.96. The molecule has 0 aliphatic rings. The van der Waals surface area contributed by atoms with Crippen molar-refractivity contribution >= 4 is 17.3 Å². The highest BCUT2D eigenvalue weighted by molar-refractivity contribution is 6.30. The van der Waals surface area contributed by atoms with Gasteiger partial charge in [0, 0.05) is 11.1 Å². The van der Waals surface area contributed by atoms with Crippen molar-refractivity contribution in [1.82, 2.24) is 0 Å². The zero-order chi connectivity index (χ0) is 13.1. The van der Waals surface area contributed by atoms with Gasteiger partial charge >= 0.3 is 0 Å². The lowest BCUT2D eigenvalue weighted by atomic mass is 10.1. The van der Waals surface area contributed by atoms with Gasteiger partial charge in [0.05, 0.1) is 5.69 Å². The summed E-state index contributed by atoms with van der Waals surface area (Å²) in [7, 11) is 0. The molecule has 3 heteroatoms. The Bertz CT molecular complexity index is 554. The number of rotatable bonds is 3. The minimum atomic E-state index is -0.202. The molecule has 94 valence electrons. The van der Waals surface area contributed by atoms with Crippen molar-refractivity contribution in [3.8, 4) is 0 Å². The van der Waals surface area contributed by atoms with Crippen LogP contribution in [0.25, 0.3) is 0 Å². The molecule has 18 heavy (non-hydrogen) atoms. The summed E-state index contributed by atoms with van der Waals surface area (Å²) in [5, 5.41) is 3.85. The molecule has 0 aliphatic carbocycles. The van der Waals surface area contributed by atoms with Gasteiger partial charge in [0.15, 0.2) is 0 Å². The van der Waals surface area contributed by atoms with Crippen molar-refractivity contribution in [2.75, 3.05) is 5.32 Å². The monoisotopic (exact) mass is 263 g/mol. The van der Waals surface area contributed by atoms with E-state index in [4.69, 9.17) is 11.6 Å². The van der Waals surface area contributed by atoms with Crippen LogP contribution in [-0.4, -0.2) is 0 Å². The number of hydrogen-bond donors (Lipinski definition) is 1. The van der Waals surface area contributed by atoms with Crippen LogP contribution >= 0.6 is 11.6 Å². The largest absolute Gasteiger partial charge is 0.376 e. The zero-order valence-corrected chi connectivity index (χ0v) is 11.1.